The third kappa shape index (κ3) is 1.65. The number of rotatable bonds is 1. The van der Waals surface area contributed by atoms with Crippen molar-refractivity contribution in [3.63, 3.8) is 0 Å². The smallest absolute Gasteiger partial charge is 0.303 e. The van der Waals surface area contributed by atoms with Gasteiger partial charge in [0.1, 0.15) is 23.6 Å². The summed E-state index contributed by atoms with van der Waals surface area (Å²) in [6.07, 6.45) is 3.21. The summed E-state index contributed by atoms with van der Waals surface area (Å²) in [6, 6.07) is 1.95. The molecule has 0 aromatic carbocycles. The van der Waals surface area contributed by atoms with E-state index in [1.54, 1.807) is 6.26 Å². The third-order valence-electron chi connectivity index (χ3n) is 9.54. The summed E-state index contributed by atoms with van der Waals surface area (Å²) >= 11 is 0. The highest BCUT2D eigenvalue weighted by atomic mass is 16.7. The zero-order chi connectivity index (χ0) is 20.4. The third-order valence-corrected chi connectivity index (χ3v) is 9.54. The van der Waals surface area contributed by atoms with Crippen LogP contribution in [0.4, 0.5) is 0 Å². The van der Waals surface area contributed by atoms with Crippen molar-refractivity contribution in [1.29, 1.82) is 0 Å². The molecule has 1 aromatic heterocycles. The van der Waals surface area contributed by atoms with Gasteiger partial charge in [-0.3, -0.25) is 4.79 Å². The number of carbonyl (C=O) groups excluding carboxylic acids is 1. The topological polar surface area (TPSA) is 102 Å². The molecule has 8 atom stereocenters. The highest BCUT2D eigenvalue weighted by Crippen LogP contribution is 2.77. The molecule has 29 heavy (non-hydrogen) atoms. The Morgan fingerprint density at radius 2 is 2.00 bits per heavy atom. The van der Waals surface area contributed by atoms with Crippen LogP contribution >= 0.6 is 0 Å². The second-order valence-corrected chi connectivity index (χ2v) is 10.2. The molecule has 7 nitrogen and oxygen atoms in total. The van der Waals surface area contributed by atoms with Gasteiger partial charge in [0.15, 0.2) is 0 Å². The summed E-state index contributed by atoms with van der Waals surface area (Å²) in [6.45, 7) is 6.15. The van der Waals surface area contributed by atoms with Crippen molar-refractivity contribution in [2.24, 2.45) is 16.7 Å². The van der Waals surface area contributed by atoms with Gasteiger partial charge in [0.05, 0.1) is 30.3 Å². The molecular weight excluding hydrogens is 376 g/mol. The number of furan rings is 1. The Hall–Kier alpha value is -1.41. The number of fused-ring (bicyclic) bond motifs is 6. The SMILES string of the molecule is CC(=O)O[C@@H]1CC[C@H]2[C@]3(CO[C@@](O)([C@@H]3O)[C@]3(C)c4occc4CC[C@]23C)[C@@]12CO2. The predicted octanol–water partition coefficient (Wildman–Crippen LogP) is 1.68. The van der Waals surface area contributed by atoms with Crippen molar-refractivity contribution >= 4 is 5.97 Å². The number of esters is 1. The van der Waals surface area contributed by atoms with E-state index in [-0.39, 0.29) is 23.9 Å². The van der Waals surface area contributed by atoms with Gasteiger partial charge in [-0.25, -0.2) is 0 Å². The zero-order valence-corrected chi connectivity index (χ0v) is 17.1. The average Bonchev–Trinajstić information content (AvgIpc) is 3.25. The molecule has 158 valence electrons. The number of hydrogen-bond donors (Lipinski definition) is 2. The van der Waals surface area contributed by atoms with Crippen LogP contribution in [0, 0.1) is 16.7 Å². The molecule has 3 aliphatic carbocycles. The van der Waals surface area contributed by atoms with Crippen molar-refractivity contribution in [3.05, 3.63) is 23.7 Å². The lowest BCUT2D eigenvalue weighted by Gasteiger charge is -2.67. The van der Waals surface area contributed by atoms with Crippen LogP contribution in [-0.4, -0.2) is 53.0 Å². The molecule has 1 aromatic rings. The molecule has 2 spiro atoms. The van der Waals surface area contributed by atoms with Crippen molar-refractivity contribution in [1.82, 2.24) is 0 Å². The van der Waals surface area contributed by atoms with E-state index < -0.39 is 34.4 Å². The standard InChI is InChI=1S/C22H28O7/c1-12(23)29-15-5-4-14-18(2)8-6-13-7-9-26-16(13)19(18,3)22(25)17(24)20(14,10-28-22)21(15)11-27-21/h7,9,14-15,17,24-25H,4-6,8,10-11H2,1-3H3/t14-,15-,17-,18-,19-,20+,21-,22+/m1/s1. The van der Waals surface area contributed by atoms with Crippen LogP contribution in [0.25, 0.3) is 0 Å². The summed E-state index contributed by atoms with van der Waals surface area (Å²) in [5.74, 6) is -1.41. The predicted molar refractivity (Wildman–Crippen MR) is 98.8 cm³/mol. The van der Waals surface area contributed by atoms with Crippen molar-refractivity contribution < 1.29 is 33.6 Å². The van der Waals surface area contributed by atoms with Gasteiger partial charge >= 0.3 is 5.97 Å². The van der Waals surface area contributed by atoms with Crippen LogP contribution in [0.2, 0.25) is 0 Å². The first-order valence-electron chi connectivity index (χ1n) is 10.6. The minimum Gasteiger partial charge on any atom is -0.468 e. The van der Waals surface area contributed by atoms with Gasteiger partial charge in [-0.1, -0.05) is 6.92 Å². The molecule has 2 aliphatic heterocycles. The zero-order valence-electron chi connectivity index (χ0n) is 17.1. The minimum absolute atomic E-state index is 0.0327. The number of epoxide rings is 1. The van der Waals surface area contributed by atoms with Gasteiger partial charge in [0, 0.05) is 6.92 Å². The quantitative estimate of drug-likeness (QED) is 0.542. The summed E-state index contributed by atoms with van der Waals surface area (Å²) in [4.78, 5) is 11.8. The van der Waals surface area contributed by atoms with Crippen LogP contribution in [-0.2, 0) is 30.8 Å². The lowest BCUT2D eigenvalue weighted by atomic mass is 9.36. The molecule has 2 bridgehead atoms. The Bertz CT molecular complexity index is 905. The first kappa shape index (κ1) is 18.4. The van der Waals surface area contributed by atoms with E-state index in [0.717, 1.165) is 30.6 Å². The van der Waals surface area contributed by atoms with Gasteiger partial charge in [0.25, 0.3) is 0 Å². The number of hydrogen-bond acceptors (Lipinski definition) is 7. The highest BCUT2D eigenvalue weighted by Gasteiger charge is 2.88. The molecule has 2 saturated carbocycles. The number of aliphatic hydroxyl groups excluding tert-OH is 1. The van der Waals surface area contributed by atoms with Crippen LogP contribution < -0.4 is 0 Å². The van der Waals surface area contributed by atoms with Crippen molar-refractivity contribution in [2.45, 2.75) is 75.5 Å². The lowest BCUT2D eigenvalue weighted by molar-refractivity contribution is -0.325. The molecule has 0 unspecified atom stereocenters. The van der Waals surface area contributed by atoms with E-state index in [1.807, 2.05) is 13.0 Å². The van der Waals surface area contributed by atoms with Crippen LogP contribution in [0.3, 0.4) is 0 Å². The normalized spacial score (nSPS) is 54.4. The van der Waals surface area contributed by atoms with E-state index in [1.165, 1.54) is 6.92 Å². The minimum atomic E-state index is -1.80. The molecular formula is C22H28O7. The summed E-state index contributed by atoms with van der Waals surface area (Å²) in [5, 5.41) is 23.7. The maximum absolute atomic E-state index is 11.9. The Balaban J connectivity index is 1.57. The first-order chi connectivity index (χ1) is 13.7. The average molecular weight is 404 g/mol. The van der Waals surface area contributed by atoms with Gasteiger partial charge in [0.2, 0.25) is 5.79 Å². The molecule has 2 saturated heterocycles. The second kappa shape index (κ2) is 5.07. The van der Waals surface area contributed by atoms with Crippen LogP contribution in [0.1, 0.15) is 51.4 Å². The van der Waals surface area contributed by atoms with E-state index in [0.29, 0.717) is 13.0 Å². The van der Waals surface area contributed by atoms with Crippen molar-refractivity contribution in [3.8, 4) is 0 Å². The fourth-order valence-electron chi connectivity index (χ4n) is 7.95. The van der Waals surface area contributed by atoms with Crippen LogP contribution in [0.15, 0.2) is 16.7 Å². The monoisotopic (exact) mass is 404 g/mol. The Kier molecular flexibility index (Phi) is 3.21. The van der Waals surface area contributed by atoms with Gasteiger partial charge < -0.3 is 28.8 Å². The molecule has 4 fully saturated rings. The van der Waals surface area contributed by atoms with Gasteiger partial charge in [-0.2, -0.15) is 0 Å². The van der Waals surface area contributed by atoms with E-state index in [2.05, 4.69) is 6.92 Å². The van der Waals surface area contributed by atoms with Gasteiger partial charge in [-0.15, -0.1) is 0 Å². The number of aliphatic hydroxyl groups is 2. The summed E-state index contributed by atoms with van der Waals surface area (Å²) < 4.78 is 23.7. The molecule has 7 heteroatoms. The number of aryl methyl sites for hydroxylation is 1. The summed E-state index contributed by atoms with van der Waals surface area (Å²) in [5.41, 5.74) is -1.83. The number of ether oxygens (including phenoxy) is 3. The van der Waals surface area contributed by atoms with Gasteiger partial charge in [-0.05, 0) is 55.6 Å². The maximum atomic E-state index is 11.9. The largest absolute Gasteiger partial charge is 0.468 e. The molecule has 0 radical (unpaired) electrons. The van der Waals surface area contributed by atoms with E-state index >= 15 is 0 Å². The second-order valence-electron chi connectivity index (χ2n) is 10.2. The van der Waals surface area contributed by atoms with E-state index in [9.17, 15) is 15.0 Å². The van der Waals surface area contributed by atoms with Crippen LogP contribution in [0.5, 0.6) is 0 Å². The number of carbonyl (C=O) groups is 1. The van der Waals surface area contributed by atoms with Crippen molar-refractivity contribution in [2.75, 3.05) is 13.2 Å². The Labute approximate surface area is 169 Å². The maximum Gasteiger partial charge on any atom is 0.303 e. The Morgan fingerprint density at radius 1 is 1.24 bits per heavy atom. The van der Waals surface area contributed by atoms with E-state index in [4.69, 9.17) is 18.6 Å². The fraction of sp³-hybridized carbons (Fsp3) is 0.773. The highest BCUT2D eigenvalue weighted by molar-refractivity contribution is 5.66. The molecule has 0 amide bonds. The fourth-order valence-corrected chi connectivity index (χ4v) is 7.95. The Morgan fingerprint density at radius 3 is 2.69 bits per heavy atom. The molecule has 3 heterocycles. The summed E-state index contributed by atoms with van der Waals surface area (Å²) in [7, 11) is 0. The molecule has 6 rings (SSSR count). The molecule has 5 aliphatic rings. The molecule has 2 N–H and O–H groups in total. The lowest BCUT2D eigenvalue weighted by Crippen LogP contribution is -2.78. The first-order valence-corrected chi connectivity index (χ1v) is 10.6.